The van der Waals surface area contributed by atoms with Gasteiger partial charge in [0.2, 0.25) is 5.95 Å². The molecule has 2 aromatic heterocycles. The van der Waals surface area contributed by atoms with Crippen molar-refractivity contribution in [3.05, 3.63) is 143 Å². The first-order valence-electron chi connectivity index (χ1n) is 24.0. The maximum Gasteiger partial charge on any atom is 0.305 e. The molecule has 372 valence electrons. The molecule has 0 saturated carbocycles. The third-order valence-corrected chi connectivity index (χ3v) is 19.5. The second-order valence-corrected chi connectivity index (χ2v) is 30.9. The Morgan fingerprint density at radius 2 is 1.39 bits per heavy atom. The monoisotopic (exact) mass is 987 g/mol. The molecule has 0 radical (unpaired) electrons. The molecule has 0 aliphatic carbocycles. The molecule has 7 rings (SSSR count). The summed E-state index contributed by atoms with van der Waals surface area (Å²) in [5.74, 6) is 1.24. The Balaban J connectivity index is 1.26. The minimum atomic E-state index is -2.57. The number of ether oxygens (including phenoxy) is 5. The zero-order valence-corrected chi connectivity index (χ0v) is 44.2. The van der Waals surface area contributed by atoms with Crippen molar-refractivity contribution in [3.63, 3.8) is 0 Å². The predicted molar refractivity (Wildman–Crippen MR) is 277 cm³/mol. The summed E-state index contributed by atoms with van der Waals surface area (Å²) in [6.45, 7) is 18.3. The smallest absolute Gasteiger partial charge is 0.305 e. The number of nitrogens with zero attached hydrogens (tertiary/aromatic N) is 4. The number of aliphatic hydroxyl groups excluding tert-OH is 1. The van der Waals surface area contributed by atoms with E-state index >= 15 is 0 Å². The van der Waals surface area contributed by atoms with Crippen LogP contribution in [0.3, 0.4) is 0 Å². The van der Waals surface area contributed by atoms with Gasteiger partial charge in [-0.15, -0.1) is 0 Å². The number of aliphatic hydroxyl groups is 1. The summed E-state index contributed by atoms with van der Waals surface area (Å²) in [6, 6.07) is 35.6. The first-order chi connectivity index (χ1) is 33.3. The standard InChI is InChI=1S/C54H69N5O9Si2/c1-53(2,3)70(9,10)68-49-45(35-66-54(38-20-15-12-16-21-38,39-23-27-41(63-4)28-24-39)40-25-29-42(64-5)30-26-40)67-51(48(49)62)59-36-56-47-43(34-44(60)37-18-13-11-14-19-37)57-52(58-50(47)59)55-31-17-22-46(61)65-32-33-69(6,7)8/h11-16,18-21,23-30,36,45,48-49,51,62H,17,22,31-35H2,1-10H3,(H,55,57,58)/t45-,48-,49-,51-/m1/s1. The average molecular weight is 988 g/mol. The Morgan fingerprint density at radius 1 is 0.800 bits per heavy atom. The van der Waals surface area contributed by atoms with E-state index in [4.69, 9.17) is 43.1 Å². The molecule has 2 N–H and O–H groups in total. The Morgan fingerprint density at radius 3 is 1.96 bits per heavy atom. The maximum absolute atomic E-state index is 13.7. The van der Waals surface area contributed by atoms with Crippen LogP contribution < -0.4 is 14.8 Å². The Hall–Kier alpha value is -5.76. The van der Waals surface area contributed by atoms with Crippen LogP contribution in [0.15, 0.2) is 116 Å². The molecule has 0 unspecified atom stereocenters. The van der Waals surface area contributed by atoms with Crippen molar-refractivity contribution in [1.29, 1.82) is 0 Å². The summed E-state index contributed by atoms with van der Waals surface area (Å²) < 4.78 is 39.9. The number of esters is 1. The SMILES string of the molecule is COc1ccc(C(OC[C@H]2O[C@@H](n3cnc4c(CC(=O)c5ccccc5)nc(NCCCC(=O)OCC[Si](C)(C)C)nc43)[C@H](O)[C@@H]2O[Si](C)(C)C(C)(C)C)(c2ccccc2)c2ccc(OC)cc2)cc1. The molecule has 0 spiro atoms. The molecular formula is C54H69N5O9Si2. The fraction of sp³-hybridized carbons (Fsp3) is 0.426. The number of methoxy groups -OCH3 is 2. The van der Waals surface area contributed by atoms with Crippen molar-refractivity contribution in [2.45, 2.75) is 114 Å². The van der Waals surface area contributed by atoms with Gasteiger partial charge in [-0.1, -0.05) is 125 Å². The fourth-order valence-corrected chi connectivity index (χ4v) is 10.3. The van der Waals surface area contributed by atoms with Crippen molar-refractivity contribution in [2.24, 2.45) is 0 Å². The molecule has 1 aliphatic heterocycles. The number of anilines is 1. The molecule has 16 heteroatoms. The van der Waals surface area contributed by atoms with Crippen LogP contribution in [0.25, 0.3) is 11.2 Å². The van der Waals surface area contributed by atoms with E-state index in [1.54, 1.807) is 37.2 Å². The molecule has 4 aromatic carbocycles. The highest BCUT2D eigenvalue weighted by atomic mass is 28.4. The van der Waals surface area contributed by atoms with Gasteiger partial charge in [0.05, 0.1) is 45.9 Å². The lowest BCUT2D eigenvalue weighted by molar-refractivity contribution is -0.143. The summed E-state index contributed by atoms with van der Waals surface area (Å²) in [4.78, 5) is 40.8. The highest BCUT2D eigenvalue weighted by Crippen LogP contribution is 2.45. The number of benzene rings is 4. The molecule has 3 heterocycles. The van der Waals surface area contributed by atoms with Crippen LogP contribution >= 0.6 is 0 Å². The lowest BCUT2D eigenvalue weighted by Crippen LogP contribution is -2.50. The predicted octanol–water partition coefficient (Wildman–Crippen LogP) is 10.00. The van der Waals surface area contributed by atoms with Gasteiger partial charge < -0.3 is 38.5 Å². The van der Waals surface area contributed by atoms with E-state index < -0.39 is 46.5 Å². The van der Waals surface area contributed by atoms with Crippen molar-refractivity contribution < 1.29 is 42.8 Å². The normalized spacial score (nSPS) is 17.6. The highest BCUT2D eigenvalue weighted by molar-refractivity contribution is 6.76. The van der Waals surface area contributed by atoms with Crippen molar-refractivity contribution in [2.75, 3.05) is 39.3 Å². The third kappa shape index (κ3) is 12.0. The summed E-state index contributed by atoms with van der Waals surface area (Å²) in [5.41, 5.74) is 3.07. The van der Waals surface area contributed by atoms with Gasteiger partial charge in [0.25, 0.3) is 0 Å². The number of nitrogens with one attached hydrogen (secondary N) is 1. The third-order valence-electron chi connectivity index (χ3n) is 13.3. The molecule has 70 heavy (non-hydrogen) atoms. The lowest BCUT2D eigenvalue weighted by Gasteiger charge is -2.41. The topological polar surface area (TPSA) is 165 Å². The number of fused-ring (bicyclic) bond motifs is 1. The fourth-order valence-electron chi connectivity index (χ4n) is 8.25. The van der Waals surface area contributed by atoms with Crippen LogP contribution in [-0.2, 0) is 35.5 Å². The number of ketones is 1. The number of rotatable bonds is 22. The number of hydrogen-bond donors (Lipinski definition) is 2. The molecule has 1 saturated heterocycles. The first-order valence-corrected chi connectivity index (χ1v) is 30.7. The van der Waals surface area contributed by atoms with E-state index in [0.717, 1.165) is 22.7 Å². The quantitative estimate of drug-likeness (QED) is 0.0217. The number of carbonyl (C=O) groups is 2. The molecule has 4 atom stereocenters. The van der Waals surface area contributed by atoms with Crippen molar-refractivity contribution >= 4 is 45.3 Å². The Labute approximate surface area is 414 Å². The summed E-state index contributed by atoms with van der Waals surface area (Å²) in [6.07, 6.45) is -1.67. The average Bonchev–Trinajstić information content (AvgIpc) is 3.90. The van der Waals surface area contributed by atoms with Gasteiger partial charge in [-0.25, -0.2) is 9.97 Å². The van der Waals surface area contributed by atoms with Gasteiger partial charge in [-0.2, -0.15) is 4.98 Å². The van der Waals surface area contributed by atoms with Crippen LogP contribution in [0.2, 0.25) is 43.8 Å². The van der Waals surface area contributed by atoms with Gasteiger partial charge in [0.1, 0.15) is 40.9 Å². The van der Waals surface area contributed by atoms with Crippen LogP contribution in [-0.4, -0.2) is 105 Å². The minimum absolute atomic E-state index is 0.00831. The molecule has 14 nitrogen and oxygen atoms in total. The van der Waals surface area contributed by atoms with E-state index in [9.17, 15) is 14.7 Å². The molecule has 0 bridgehead atoms. The number of aromatic nitrogens is 4. The van der Waals surface area contributed by atoms with Crippen LogP contribution in [0.5, 0.6) is 11.5 Å². The van der Waals surface area contributed by atoms with Gasteiger partial charge in [0.15, 0.2) is 26.0 Å². The van der Waals surface area contributed by atoms with E-state index in [1.807, 2.05) is 97.1 Å². The zero-order chi connectivity index (χ0) is 50.3. The van der Waals surface area contributed by atoms with Crippen LogP contribution in [0.4, 0.5) is 5.95 Å². The summed E-state index contributed by atoms with van der Waals surface area (Å²) >= 11 is 0. The maximum atomic E-state index is 13.7. The zero-order valence-electron chi connectivity index (χ0n) is 42.2. The summed E-state index contributed by atoms with van der Waals surface area (Å²) in [7, 11) is -0.647. The minimum Gasteiger partial charge on any atom is -0.497 e. The van der Waals surface area contributed by atoms with E-state index in [1.165, 1.54) is 0 Å². The van der Waals surface area contributed by atoms with E-state index in [2.05, 4.69) is 58.8 Å². The molecule has 1 fully saturated rings. The molecule has 0 amide bonds. The summed E-state index contributed by atoms with van der Waals surface area (Å²) in [5, 5.41) is 15.7. The Bertz CT molecular complexity index is 2620. The van der Waals surface area contributed by atoms with Crippen molar-refractivity contribution in [3.8, 4) is 11.5 Å². The van der Waals surface area contributed by atoms with Gasteiger partial charge in [-0.05, 0) is 71.6 Å². The van der Waals surface area contributed by atoms with Crippen LogP contribution in [0, 0.1) is 0 Å². The van der Waals surface area contributed by atoms with E-state index in [0.29, 0.717) is 53.5 Å². The van der Waals surface area contributed by atoms with Gasteiger partial charge >= 0.3 is 5.97 Å². The molecular weight excluding hydrogens is 919 g/mol. The molecule has 1 aliphatic rings. The number of Topliss-reactive ketones (excluding diaryl/α,β-unsaturated/α-hetero) is 1. The Kier molecular flexibility index (Phi) is 16.5. The number of imidazole rings is 1. The van der Waals surface area contributed by atoms with Crippen molar-refractivity contribution in [1.82, 2.24) is 19.5 Å². The first kappa shape index (κ1) is 52.1. The largest absolute Gasteiger partial charge is 0.497 e. The van der Waals surface area contributed by atoms with Gasteiger partial charge in [-0.3, -0.25) is 14.2 Å². The second-order valence-electron chi connectivity index (χ2n) is 20.6. The molecule has 6 aromatic rings. The second kappa shape index (κ2) is 22.1. The number of hydrogen-bond acceptors (Lipinski definition) is 13. The van der Waals surface area contributed by atoms with E-state index in [-0.39, 0.29) is 42.2 Å². The van der Waals surface area contributed by atoms with Crippen LogP contribution in [0.1, 0.15) is 72.6 Å². The number of carbonyl (C=O) groups excluding carboxylic acids is 2. The highest BCUT2D eigenvalue weighted by Gasteiger charge is 2.52. The lowest BCUT2D eigenvalue weighted by atomic mass is 9.80. The van der Waals surface area contributed by atoms with Gasteiger partial charge in [0, 0.05) is 26.6 Å².